The van der Waals surface area contributed by atoms with Gasteiger partial charge in [0.2, 0.25) is 11.8 Å². The molecule has 9 heteroatoms. The molecule has 0 atom stereocenters. The van der Waals surface area contributed by atoms with E-state index in [0.717, 1.165) is 0 Å². The fraction of sp³-hybridized carbons (Fsp3) is 0. The molecule has 1 aromatic carbocycles. The number of nitro benzene ring substituents is 1. The van der Waals surface area contributed by atoms with E-state index in [1.807, 2.05) is 0 Å². The lowest BCUT2D eigenvalue weighted by Gasteiger charge is -2.07. The summed E-state index contributed by atoms with van der Waals surface area (Å²) in [5, 5.41) is 10.7. The third-order valence-corrected chi connectivity index (χ3v) is 2.36. The van der Waals surface area contributed by atoms with Gasteiger partial charge in [0.25, 0.3) is 5.69 Å². The van der Waals surface area contributed by atoms with E-state index < -0.39 is 4.92 Å². The van der Waals surface area contributed by atoms with Crippen LogP contribution < -0.4 is 16.0 Å². The maximum absolute atomic E-state index is 10.5. The third-order valence-electron chi connectivity index (χ3n) is 2.10. The molecule has 0 aliphatic heterocycles. The Hall–Kier alpha value is -2.45. The van der Waals surface area contributed by atoms with E-state index in [2.05, 4.69) is 15.4 Å². The van der Waals surface area contributed by atoms with Crippen molar-refractivity contribution in [3.8, 4) is 11.6 Å². The van der Waals surface area contributed by atoms with Crippen molar-refractivity contribution in [2.24, 2.45) is 5.84 Å². The third kappa shape index (κ3) is 3.06. The number of hydrazine groups is 1. The number of aromatic nitrogens is 2. The smallest absolute Gasteiger partial charge is 0.269 e. The van der Waals surface area contributed by atoms with Crippen LogP contribution in [0.5, 0.6) is 11.6 Å². The van der Waals surface area contributed by atoms with Crippen molar-refractivity contribution in [2.45, 2.75) is 0 Å². The number of non-ortho nitro benzene ring substituents is 1. The molecule has 19 heavy (non-hydrogen) atoms. The topological polar surface area (TPSA) is 116 Å². The summed E-state index contributed by atoms with van der Waals surface area (Å²) < 4.78 is 5.39. The highest BCUT2D eigenvalue weighted by atomic mass is 35.5. The van der Waals surface area contributed by atoms with Crippen molar-refractivity contribution in [2.75, 3.05) is 5.43 Å². The molecular formula is C10H8ClN5O3. The molecule has 1 heterocycles. The molecule has 98 valence electrons. The first-order valence-electron chi connectivity index (χ1n) is 5.01. The number of nitrogens with two attached hydrogens (primary N) is 1. The van der Waals surface area contributed by atoms with Gasteiger partial charge in [-0.15, -0.1) is 0 Å². The fourth-order valence-corrected chi connectivity index (χ4v) is 1.37. The minimum absolute atomic E-state index is 0.0366. The quantitative estimate of drug-likeness (QED) is 0.501. The Morgan fingerprint density at radius 3 is 2.63 bits per heavy atom. The molecule has 0 aliphatic carbocycles. The minimum atomic E-state index is -0.502. The van der Waals surface area contributed by atoms with E-state index in [1.165, 1.54) is 30.5 Å². The summed E-state index contributed by atoms with van der Waals surface area (Å²) in [6.45, 7) is 0. The SMILES string of the molecule is NNc1ncc(Cl)c(Oc2ccc([N+](=O)[O-])cc2)n1. The molecule has 0 radical (unpaired) electrons. The molecule has 2 rings (SSSR count). The van der Waals surface area contributed by atoms with Crippen LogP contribution in [0.1, 0.15) is 0 Å². The van der Waals surface area contributed by atoms with Gasteiger partial charge in [-0.3, -0.25) is 15.5 Å². The lowest BCUT2D eigenvalue weighted by molar-refractivity contribution is -0.384. The highest BCUT2D eigenvalue weighted by Crippen LogP contribution is 2.28. The van der Waals surface area contributed by atoms with Crippen molar-refractivity contribution in [1.29, 1.82) is 0 Å². The Morgan fingerprint density at radius 2 is 2.05 bits per heavy atom. The van der Waals surface area contributed by atoms with Crippen LogP contribution in [0.15, 0.2) is 30.5 Å². The maximum Gasteiger partial charge on any atom is 0.269 e. The van der Waals surface area contributed by atoms with Gasteiger partial charge >= 0.3 is 0 Å². The number of benzene rings is 1. The number of nitro groups is 1. The predicted molar refractivity (Wildman–Crippen MR) is 68.0 cm³/mol. The Morgan fingerprint density at radius 1 is 1.37 bits per heavy atom. The first kappa shape index (κ1) is 13.0. The summed E-state index contributed by atoms with van der Waals surface area (Å²) in [4.78, 5) is 17.7. The first-order valence-corrected chi connectivity index (χ1v) is 5.39. The number of halogens is 1. The molecule has 0 bridgehead atoms. The van der Waals surface area contributed by atoms with Gasteiger partial charge in [0.15, 0.2) is 0 Å². The lowest BCUT2D eigenvalue weighted by atomic mass is 10.3. The monoisotopic (exact) mass is 281 g/mol. The molecular weight excluding hydrogens is 274 g/mol. The van der Waals surface area contributed by atoms with Gasteiger partial charge in [-0.05, 0) is 12.1 Å². The van der Waals surface area contributed by atoms with Crippen LogP contribution in [-0.4, -0.2) is 14.9 Å². The van der Waals surface area contributed by atoms with Crippen LogP contribution in [0.3, 0.4) is 0 Å². The molecule has 3 N–H and O–H groups in total. The second-order valence-corrected chi connectivity index (χ2v) is 3.75. The van der Waals surface area contributed by atoms with Crippen LogP contribution in [-0.2, 0) is 0 Å². The fourth-order valence-electron chi connectivity index (χ4n) is 1.24. The average Bonchev–Trinajstić information content (AvgIpc) is 2.42. The summed E-state index contributed by atoms with van der Waals surface area (Å²) >= 11 is 5.86. The molecule has 0 aliphatic rings. The Kier molecular flexibility index (Phi) is 3.74. The van der Waals surface area contributed by atoms with E-state index in [-0.39, 0.29) is 22.5 Å². The standard InChI is InChI=1S/C10H8ClN5O3/c11-8-5-13-10(15-12)14-9(8)19-7-3-1-6(2-4-7)16(17)18/h1-5H,12H2,(H,13,14,15). The average molecular weight is 282 g/mol. The molecule has 1 aromatic heterocycles. The normalized spacial score (nSPS) is 10.0. The van der Waals surface area contributed by atoms with E-state index >= 15 is 0 Å². The Balaban J connectivity index is 2.23. The van der Waals surface area contributed by atoms with Crippen LogP contribution in [0.2, 0.25) is 5.02 Å². The van der Waals surface area contributed by atoms with E-state index in [9.17, 15) is 10.1 Å². The van der Waals surface area contributed by atoms with E-state index in [4.69, 9.17) is 22.2 Å². The number of nitrogens with zero attached hydrogens (tertiary/aromatic N) is 3. The van der Waals surface area contributed by atoms with Crippen LogP contribution in [0, 0.1) is 10.1 Å². The summed E-state index contributed by atoms with van der Waals surface area (Å²) in [6.07, 6.45) is 1.32. The number of rotatable bonds is 4. The van der Waals surface area contributed by atoms with Gasteiger partial charge in [-0.25, -0.2) is 10.8 Å². The van der Waals surface area contributed by atoms with Crippen LogP contribution in [0.4, 0.5) is 11.6 Å². The summed E-state index contributed by atoms with van der Waals surface area (Å²) in [5.74, 6) is 5.76. The molecule has 0 spiro atoms. The highest BCUT2D eigenvalue weighted by molar-refractivity contribution is 6.31. The van der Waals surface area contributed by atoms with E-state index in [0.29, 0.717) is 5.75 Å². The molecule has 0 saturated carbocycles. The number of hydrogen-bond donors (Lipinski definition) is 2. The zero-order chi connectivity index (χ0) is 13.8. The predicted octanol–water partition coefficient (Wildman–Crippen LogP) is 2.12. The minimum Gasteiger partial charge on any atom is -0.437 e. The molecule has 0 fully saturated rings. The molecule has 0 unspecified atom stereocenters. The van der Waals surface area contributed by atoms with Crippen LogP contribution in [0.25, 0.3) is 0 Å². The zero-order valence-corrected chi connectivity index (χ0v) is 10.2. The number of hydrogen-bond acceptors (Lipinski definition) is 7. The van der Waals surface area contributed by atoms with Gasteiger partial charge in [0.1, 0.15) is 10.8 Å². The molecule has 0 saturated heterocycles. The summed E-state index contributed by atoms with van der Waals surface area (Å²) in [7, 11) is 0. The van der Waals surface area contributed by atoms with Crippen molar-refractivity contribution in [1.82, 2.24) is 9.97 Å². The summed E-state index contributed by atoms with van der Waals surface area (Å²) in [6, 6.07) is 5.50. The van der Waals surface area contributed by atoms with Crippen molar-refractivity contribution < 1.29 is 9.66 Å². The van der Waals surface area contributed by atoms with Gasteiger partial charge < -0.3 is 4.74 Å². The van der Waals surface area contributed by atoms with Gasteiger partial charge in [0, 0.05) is 12.1 Å². The number of anilines is 1. The van der Waals surface area contributed by atoms with Gasteiger partial charge in [0.05, 0.1) is 11.1 Å². The van der Waals surface area contributed by atoms with Crippen molar-refractivity contribution in [3.63, 3.8) is 0 Å². The molecule has 2 aromatic rings. The highest BCUT2D eigenvalue weighted by Gasteiger charge is 2.09. The number of ether oxygens (including phenoxy) is 1. The van der Waals surface area contributed by atoms with Gasteiger partial charge in [-0.1, -0.05) is 11.6 Å². The van der Waals surface area contributed by atoms with Crippen molar-refractivity contribution in [3.05, 3.63) is 45.6 Å². The lowest BCUT2D eigenvalue weighted by Crippen LogP contribution is -2.10. The molecule has 0 amide bonds. The Labute approximate surface area is 112 Å². The molecule has 8 nitrogen and oxygen atoms in total. The number of nitrogen functional groups attached to an aromatic ring is 1. The van der Waals surface area contributed by atoms with E-state index in [1.54, 1.807) is 0 Å². The Bertz CT molecular complexity index is 605. The van der Waals surface area contributed by atoms with Crippen LogP contribution >= 0.6 is 11.6 Å². The maximum atomic E-state index is 10.5. The second kappa shape index (κ2) is 5.46. The first-order chi connectivity index (χ1) is 9.10. The zero-order valence-electron chi connectivity index (χ0n) is 9.41. The largest absolute Gasteiger partial charge is 0.437 e. The second-order valence-electron chi connectivity index (χ2n) is 3.34. The summed E-state index contributed by atoms with van der Waals surface area (Å²) in [5.41, 5.74) is 2.22. The van der Waals surface area contributed by atoms with Crippen molar-refractivity contribution >= 4 is 23.2 Å². The van der Waals surface area contributed by atoms with Gasteiger partial charge in [-0.2, -0.15) is 4.98 Å². The number of nitrogens with one attached hydrogen (secondary N) is 1.